The van der Waals surface area contributed by atoms with Crippen LogP contribution in [-0.2, 0) is 12.8 Å². The maximum atomic E-state index is 5.41. The average molecular weight is 383 g/mol. The highest BCUT2D eigenvalue weighted by Gasteiger charge is 2.16. The number of piperazine rings is 1. The first-order chi connectivity index (χ1) is 13.8. The van der Waals surface area contributed by atoms with Crippen LogP contribution in [0.2, 0.25) is 0 Å². The molecule has 28 heavy (non-hydrogen) atoms. The summed E-state index contributed by atoms with van der Waals surface area (Å²) in [7, 11) is 3.37. The third kappa shape index (κ3) is 6.25. The smallest absolute Gasteiger partial charge is 0.160 e. The SMILES string of the molecule is COc1ccc(CCN2CCN(CCCCc3ccccc3)CC2)cc1OC. The molecule has 0 amide bonds. The Bertz CT molecular complexity index is 697. The largest absolute Gasteiger partial charge is 0.493 e. The number of rotatable bonds is 10. The molecule has 1 aliphatic heterocycles. The molecule has 0 atom stereocenters. The number of unbranched alkanes of at least 4 members (excludes halogenated alkanes) is 1. The minimum atomic E-state index is 0.798. The number of nitrogens with zero attached hydrogens (tertiary/aromatic N) is 2. The van der Waals surface area contributed by atoms with E-state index >= 15 is 0 Å². The molecule has 4 heteroatoms. The molecule has 2 aromatic rings. The van der Waals surface area contributed by atoms with E-state index < -0.39 is 0 Å². The van der Waals surface area contributed by atoms with Crippen LogP contribution in [0.15, 0.2) is 48.5 Å². The van der Waals surface area contributed by atoms with Gasteiger partial charge in [0.1, 0.15) is 0 Å². The number of hydrogen-bond acceptors (Lipinski definition) is 4. The molecule has 0 unspecified atom stereocenters. The first-order valence-electron chi connectivity index (χ1n) is 10.5. The van der Waals surface area contributed by atoms with Crippen molar-refractivity contribution >= 4 is 0 Å². The van der Waals surface area contributed by atoms with E-state index in [1.807, 2.05) is 6.07 Å². The Morgan fingerprint density at radius 1 is 0.679 bits per heavy atom. The predicted octanol–water partition coefficient (Wildman–Crippen LogP) is 3.89. The Morgan fingerprint density at radius 2 is 1.36 bits per heavy atom. The molecule has 3 rings (SSSR count). The first-order valence-corrected chi connectivity index (χ1v) is 10.5. The molecule has 0 radical (unpaired) electrons. The van der Waals surface area contributed by atoms with Crippen molar-refractivity contribution in [1.82, 2.24) is 9.80 Å². The Labute approximate surface area is 170 Å². The molecule has 0 saturated carbocycles. The van der Waals surface area contributed by atoms with Crippen molar-refractivity contribution < 1.29 is 9.47 Å². The van der Waals surface area contributed by atoms with Gasteiger partial charge in [-0.3, -0.25) is 0 Å². The number of benzene rings is 2. The van der Waals surface area contributed by atoms with Crippen LogP contribution in [0.3, 0.4) is 0 Å². The van der Waals surface area contributed by atoms with Crippen molar-refractivity contribution in [3.05, 3.63) is 59.7 Å². The summed E-state index contributed by atoms with van der Waals surface area (Å²) in [5.74, 6) is 1.62. The fourth-order valence-electron chi connectivity index (χ4n) is 3.87. The summed E-state index contributed by atoms with van der Waals surface area (Å²) in [6.07, 6.45) is 4.83. The minimum absolute atomic E-state index is 0.798. The maximum Gasteiger partial charge on any atom is 0.160 e. The summed E-state index contributed by atoms with van der Waals surface area (Å²) in [5, 5.41) is 0. The van der Waals surface area contributed by atoms with E-state index in [2.05, 4.69) is 52.3 Å². The van der Waals surface area contributed by atoms with Crippen molar-refractivity contribution in [2.45, 2.75) is 25.7 Å². The normalized spacial score (nSPS) is 15.5. The highest BCUT2D eigenvalue weighted by atomic mass is 16.5. The van der Waals surface area contributed by atoms with Crippen LogP contribution in [0.1, 0.15) is 24.0 Å². The van der Waals surface area contributed by atoms with Gasteiger partial charge in [-0.2, -0.15) is 0 Å². The molecule has 0 bridgehead atoms. The zero-order chi connectivity index (χ0) is 19.6. The van der Waals surface area contributed by atoms with Crippen LogP contribution in [0.5, 0.6) is 11.5 Å². The van der Waals surface area contributed by atoms with E-state index in [0.717, 1.165) is 24.5 Å². The molecule has 1 saturated heterocycles. The van der Waals surface area contributed by atoms with Crippen LogP contribution in [0.4, 0.5) is 0 Å². The third-order valence-electron chi connectivity index (χ3n) is 5.66. The Morgan fingerprint density at radius 3 is 2.04 bits per heavy atom. The number of hydrogen-bond donors (Lipinski definition) is 0. The van der Waals surface area contributed by atoms with Gasteiger partial charge in [-0.25, -0.2) is 0 Å². The van der Waals surface area contributed by atoms with Gasteiger partial charge < -0.3 is 19.3 Å². The molecule has 4 nitrogen and oxygen atoms in total. The van der Waals surface area contributed by atoms with E-state index in [4.69, 9.17) is 9.47 Å². The zero-order valence-corrected chi connectivity index (χ0v) is 17.4. The van der Waals surface area contributed by atoms with Crippen LogP contribution >= 0.6 is 0 Å². The predicted molar refractivity (Wildman–Crippen MR) is 116 cm³/mol. The van der Waals surface area contributed by atoms with Gasteiger partial charge in [0.15, 0.2) is 11.5 Å². The Balaban J connectivity index is 1.32. The molecule has 2 aromatic carbocycles. The molecule has 152 valence electrons. The summed E-state index contributed by atoms with van der Waals surface area (Å²) in [6.45, 7) is 7.07. The second-order valence-corrected chi connectivity index (χ2v) is 7.57. The number of methoxy groups -OCH3 is 2. The van der Waals surface area contributed by atoms with E-state index in [1.165, 1.54) is 63.1 Å². The molecule has 0 aliphatic carbocycles. The Kier molecular flexibility index (Phi) is 8.19. The van der Waals surface area contributed by atoms with Gasteiger partial charge in [0.2, 0.25) is 0 Å². The lowest BCUT2D eigenvalue weighted by Gasteiger charge is -2.34. The average Bonchev–Trinajstić information content (AvgIpc) is 2.76. The van der Waals surface area contributed by atoms with Gasteiger partial charge in [0.25, 0.3) is 0 Å². The van der Waals surface area contributed by atoms with Crippen molar-refractivity contribution in [2.24, 2.45) is 0 Å². The van der Waals surface area contributed by atoms with Crippen LogP contribution in [0.25, 0.3) is 0 Å². The van der Waals surface area contributed by atoms with Crippen molar-refractivity contribution in [2.75, 3.05) is 53.5 Å². The molecule has 1 fully saturated rings. The molecule has 1 aliphatic rings. The van der Waals surface area contributed by atoms with Crippen molar-refractivity contribution in [3.8, 4) is 11.5 Å². The lowest BCUT2D eigenvalue weighted by atomic mass is 10.1. The van der Waals surface area contributed by atoms with Gasteiger partial charge in [-0.15, -0.1) is 0 Å². The molecule has 0 N–H and O–H groups in total. The van der Waals surface area contributed by atoms with E-state index in [1.54, 1.807) is 14.2 Å². The van der Waals surface area contributed by atoms with Gasteiger partial charge in [-0.1, -0.05) is 36.4 Å². The quantitative estimate of drug-likeness (QED) is 0.582. The molecule has 1 heterocycles. The molecule has 0 aromatic heterocycles. The zero-order valence-electron chi connectivity index (χ0n) is 17.4. The van der Waals surface area contributed by atoms with Gasteiger partial charge in [-0.05, 0) is 55.5 Å². The van der Waals surface area contributed by atoms with Crippen LogP contribution < -0.4 is 9.47 Å². The summed E-state index contributed by atoms with van der Waals surface area (Å²) >= 11 is 0. The second kappa shape index (κ2) is 11.1. The lowest BCUT2D eigenvalue weighted by Crippen LogP contribution is -2.47. The van der Waals surface area contributed by atoms with Gasteiger partial charge in [0, 0.05) is 32.7 Å². The topological polar surface area (TPSA) is 24.9 Å². The summed E-state index contributed by atoms with van der Waals surface area (Å²) < 4.78 is 10.7. The van der Waals surface area contributed by atoms with Crippen molar-refractivity contribution in [1.29, 1.82) is 0 Å². The minimum Gasteiger partial charge on any atom is -0.493 e. The van der Waals surface area contributed by atoms with E-state index in [0.29, 0.717) is 0 Å². The highest BCUT2D eigenvalue weighted by molar-refractivity contribution is 5.42. The lowest BCUT2D eigenvalue weighted by molar-refractivity contribution is 0.132. The molecular formula is C24H34N2O2. The van der Waals surface area contributed by atoms with E-state index in [-0.39, 0.29) is 0 Å². The summed E-state index contributed by atoms with van der Waals surface area (Å²) in [4.78, 5) is 5.20. The standard InChI is InChI=1S/C24H34N2O2/c1-27-23-12-11-22(20-24(23)28-2)13-15-26-18-16-25(17-19-26)14-7-6-10-21-8-4-3-5-9-21/h3-5,8-9,11-12,20H,6-7,10,13-19H2,1-2H3. The third-order valence-corrected chi connectivity index (χ3v) is 5.66. The summed E-state index contributed by atoms with van der Waals surface area (Å²) in [5.41, 5.74) is 2.77. The Hall–Kier alpha value is -2.04. The van der Waals surface area contributed by atoms with Gasteiger partial charge in [0.05, 0.1) is 14.2 Å². The first kappa shape index (κ1) is 20.7. The summed E-state index contributed by atoms with van der Waals surface area (Å²) in [6, 6.07) is 17.1. The molecule has 0 spiro atoms. The van der Waals surface area contributed by atoms with Crippen LogP contribution in [-0.4, -0.2) is 63.3 Å². The van der Waals surface area contributed by atoms with Crippen LogP contribution in [0, 0.1) is 0 Å². The number of aryl methyl sites for hydroxylation is 1. The monoisotopic (exact) mass is 382 g/mol. The fraction of sp³-hybridized carbons (Fsp3) is 0.500. The second-order valence-electron chi connectivity index (χ2n) is 7.57. The fourth-order valence-corrected chi connectivity index (χ4v) is 3.87. The molecular weight excluding hydrogens is 348 g/mol. The number of ether oxygens (including phenoxy) is 2. The van der Waals surface area contributed by atoms with Crippen molar-refractivity contribution in [3.63, 3.8) is 0 Å². The maximum absolute atomic E-state index is 5.41. The highest BCUT2D eigenvalue weighted by Crippen LogP contribution is 2.27. The van der Waals surface area contributed by atoms with Gasteiger partial charge >= 0.3 is 0 Å². The van der Waals surface area contributed by atoms with E-state index in [9.17, 15) is 0 Å².